The van der Waals surface area contributed by atoms with Gasteiger partial charge >= 0.3 is 0 Å². The summed E-state index contributed by atoms with van der Waals surface area (Å²) in [6, 6.07) is 10.5. The van der Waals surface area contributed by atoms with Gasteiger partial charge in [0, 0.05) is 28.1 Å². The van der Waals surface area contributed by atoms with Gasteiger partial charge in [0.25, 0.3) is 5.91 Å². The summed E-state index contributed by atoms with van der Waals surface area (Å²) in [5.74, 6) is -0.489. The molecule has 0 aliphatic heterocycles. The second-order valence-corrected chi connectivity index (χ2v) is 8.40. The molecule has 0 spiro atoms. The predicted molar refractivity (Wildman–Crippen MR) is 120 cm³/mol. The fourth-order valence-corrected chi connectivity index (χ4v) is 4.03. The number of amides is 3. The van der Waals surface area contributed by atoms with Crippen molar-refractivity contribution < 1.29 is 14.4 Å². The van der Waals surface area contributed by atoms with Crippen LogP contribution in [0.25, 0.3) is 0 Å². The number of benzene rings is 1. The van der Waals surface area contributed by atoms with Crippen molar-refractivity contribution >= 4 is 51.2 Å². The Morgan fingerprint density at radius 1 is 0.967 bits per heavy atom. The number of aromatic nitrogens is 1. The van der Waals surface area contributed by atoms with Gasteiger partial charge in [-0.05, 0) is 42.1 Å². The van der Waals surface area contributed by atoms with Gasteiger partial charge in [-0.15, -0.1) is 22.7 Å². The number of nitrogens with one attached hydrogen (secondary N) is 3. The van der Waals surface area contributed by atoms with E-state index in [1.165, 1.54) is 22.7 Å². The van der Waals surface area contributed by atoms with E-state index in [1.54, 1.807) is 29.6 Å². The highest BCUT2D eigenvalue weighted by molar-refractivity contribution is 7.14. The highest BCUT2D eigenvalue weighted by Crippen LogP contribution is 2.18. The molecule has 1 aromatic carbocycles. The quantitative estimate of drug-likeness (QED) is 0.470. The maximum absolute atomic E-state index is 12.3. The molecular formula is C21H22N4O3S2. The Hall–Kier alpha value is -3.04. The van der Waals surface area contributed by atoms with Crippen LogP contribution in [0.3, 0.4) is 0 Å². The van der Waals surface area contributed by atoms with Gasteiger partial charge in [0.15, 0.2) is 5.13 Å². The Morgan fingerprint density at radius 3 is 2.43 bits per heavy atom. The molecule has 3 amide bonds. The lowest BCUT2D eigenvalue weighted by atomic mass is 10.2. The summed E-state index contributed by atoms with van der Waals surface area (Å²) in [6.07, 6.45) is 1.27. The molecule has 7 nitrogen and oxygen atoms in total. The molecule has 9 heteroatoms. The smallest absolute Gasteiger partial charge is 0.251 e. The largest absolute Gasteiger partial charge is 0.352 e. The summed E-state index contributed by atoms with van der Waals surface area (Å²) in [7, 11) is 0. The molecule has 0 aliphatic carbocycles. The number of carbonyl (C=O) groups excluding carboxylic acids is 3. The van der Waals surface area contributed by atoms with Crippen LogP contribution in [-0.4, -0.2) is 29.3 Å². The third kappa shape index (κ3) is 6.50. The molecule has 0 atom stereocenters. The Bertz CT molecular complexity index is 998. The number of hydrogen-bond acceptors (Lipinski definition) is 6. The number of nitrogens with zero attached hydrogens (tertiary/aromatic N) is 1. The van der Waals surface area contributed by atoms with Crippen molar-refractivity contribution in [1.29, 1.82) is 0 Å². The van der Waals surface area contributed by atoms with Crippen molar-refractivity contribution in [2.45, 2.75) is 26.2 Å². The van der Waals surface area contributed by atoms with Crippen LogP contribution in [0.2, 0.25) is 0 Å². The van der Waals surface area contributed by atoms with Crippen LogP contribution in [-0.2, 0) is 22.4 Å². The number of anilines is 2. The average molecular weight is 443 g/mol. The van der Waals surface area contributed by atoms with Gasteiger partial charge in [0.2, 0.25) is 11.8 Å². The summed E-state index contributed by atoms with van der Waals surface area (Å²) < 4.78 is 0. The second kappa shape index (κ2) is 10.7. The summed E-state index contributed by atoms with van der Waals surface area (Å²) in [5.41, 5.74) is 1.73. The number of hydrogen-bond donors (Lipinski definition) is 3. The number of rotatable bonds is 9. The van der Waals surface area contributed by atoms with Crippen molar-refractivity contribution in [3.63, 3.8) is 0 Å². The van der Waals surface area contributed by atoms with Crippen LogP contribution in [0.5, 0.6) is 0 Å². The Balaban J connectivity index is 1.48. The normalized spacial score (nSPS) is 10.4. The molecule has 2 aromatic heterocycles. The van der Waals surface area contributed by atoms with E-state index in [9.17, 15) is 14.4 Å². The minimum Gasteiger partial charge on any atom is -0.352 e. The number of thiazole rings is 1. The molecule has 3 N–H and O–H groups in total. The Kier molecular flexibility index (Phi) is 7.69. The lowest BCUT2D eigenvalue weighted by molar-refractivity contribution is -0.116. The first kappa shape index (κ1) is 21.7. The van der Waals surface area contributed by atoms with E-state index in [0.29, 0.717) is 35.0 Å². The maximum atomic E-state index is 12.3. The standard InChI is InChI=1S/C21H22N4O3S2/c1-2-9-22-20(28)14-5-7-15(8-6-14)23-18(26)11-16-13-30-21(24-16)25-19(27)12-17-4-3-10-29-17/h3-8,10,13H,2,9,11-12H2,1H3,(H,22,28)(H,23,26)(H,24,25,27). The van der Waals surface area contributed by atoms with E-state index in [0.717, 1.165) is 11.3 Å². The average Bonchev–Trinajstić information content (AvgIpc) is 3.38. The van der Waals surface area contributed by atoms with Crippen LogP contribution in [0.4, 0.5) is 10.8 Å². The van der Waals surface area contributed by atoms with Crippen molar-refractivity contribution in [3.05, 3.63) is 63.3 Å². The number of carbonyl (C=O) groups is 3. The van der Waals surface area contributed by atoms with Crippen molar-refractivity contribution in [3.8, 4) is 0 Å². The minimum absolute atomic E-state index is 0.0933. The SMILES string of the molecule is CCCNC(=O)c1ccc(NC(=O)Cc2csc(NC(=O)Cc3cccs3)n2)cc1. The van der Waals surface area contributed by atoms with Crippen LogP contribution in [0.1, 0.15) is 34.3 Å². The maximum Gasteiger partial charge on any atom is 0.251 e. The van der Waals surface area contributed by atoms with Crippen molar-refractivity contribution in [1.82, 2.24) is 10.3 Å². The first-order valence-corrected chi connectivity index (χ1v) is 11.2. The van der Waals surface area contributed by atoms with Crippen LogP contribution >= 0.6 is 22.7 Å². The molecule has 0 radical (unpaired) electrons. The van der Waals surface area contributed by atoms with Crippen molar-refractivity contribution in [2.75, 3.05) is 17.2 Å². The highest BCUT2D eigenvalue weighted by Gasteiger charge is 2.11. The summed E-state index contributed by atoms with van der Waals surface area (Å²) in [6.45, 7) is 2.62. The first-order chi connectivity index (χ1) is 14.5. The molecule has 3 rings (SSSR count). The second-order valence-electron chi connectivity index (χ2n) is 6.51. The van der Waals surface area contributed by atoms with Gasteiger partial charge in [-0.25, -0.2) is 4.98 Å². The molecule has 3 aromatic rings. The van der Waals surface area contributed by atoms with E-state index in [2.05, 4.69) is 20.9 Å². The zero-order chi connectivity index (χ0) is 21.3. The van der Waals surface area contributed by atoms with Gasteiger partial charge in [-0.1, -0.05) is 13.0 Å². The third-order valence-electron chi connectivity index (χ3n) is 4.02. The molecule has 30 heavy (non-hydrogen) atoms. The van der Waals surface area contributed by atoms with Crippen molar-refractivity contribution in [2.24, 2.45) is 0 Å². The summed E-state index contributed by atoms with van der Waals surface area (Å²) in [5, 5.41) is 12.5. The Labute approximate surface area is 182 Å². The molecule has 0 fully saturated rings. The highest BCUT2D eigenvalue weighted by atomic mass is 32.1. The molecular weight excluding hydrogens is 420 g/mol. The van der Waals surface area contributed by atoms with E-state index in [-0.39, 0.29) is 24.1 Å². The van der Waals surface area contributed by atoms with Gasteiger partial charge in [0.1, 0.15) is 0 Å². The zero-order valence-electron chi connectivity index (χ0n) is 16.4. The Morgan fingerprint density at radius 2 is 1.73 bits per heavy atom. The topological polar surface area (TPSA) is 100 Å². The first-order valence-electron chi connectivity index (χ1n) is 9.48. The monoisotopic (exact) mass is 442 g/mol. The van der Waals surface area contributed by atoms with Crippen LogP contribution < -0.4 is 16.0 Å². The van der Waals surface area contributed by atoms with Crippen LogP contribution in [0.15, 0.2) is 47.2 Å². The molecule has 0 aliphatic rings. The fourth-order valence-electron chi connectivity index (χ4n) is 2.60. The van der Waals surface area contributed by atoms with E-state index in [1.807, 2.05) is 24.4 Å². The van der Waals surface area contributed by atoms with Gasteiger partial charge in [0.05, 0.1) is 18.5 Å². The lowest BCUT2D eigenvalue weighted by Crippen LogP contribution is -2.23. The number of thiophene rings is 1. The fraction of sp³-hybridized carbons (Fsp3) is 0.238. The van der Waals surface area contributed by atoms with E-state index < -0.39 is 0 Å². The van der Waals surface area contributed by atoms with Gasteiger partial charge < -0.3 is 16.0 Å². The lowest BCUT2D eigenvalue weighted by Gasteiger charge is -2.06. The molecule has 0 saturated carbocycles. The van der Waals surface area contributed by atoms with E-state index in [4.69, 9.17) is 0 Å². The molecule has 0 saturated heterocycles. The third-order valence-corrected chi connectivity index (χ3v) is 5.70. The summed E-state index contributed by atoms with van der Waals surface area (Å²) >= 11 is 2.82. The summed E-state index contributed by atoms with van der Waals surface area (Å²) in [4.78, 5) is 41.5. The molecule has 156 valence electrons. The predicted octanol–water partition coefficient (Wildman–Crippen LogP) is 3.71. The molecule has 0 unspecified atom stereocenters. The van der Waals surface area contributed by atoms with Gasteiger partial charge in [-0.2, -0.15) is 0 Å². The zero-order valence-corrected chi connectivity index (χ0v) is 18.1. The molecule has 0 bridgehead atoms. The molecule has 2 heterocycles. The van der Waals surface area contributed by atoms with E-state index >= 15 is 0 Å². The van der Waals surface area contributed by atoms with Gasteiger partial charge in [-0.3, -0.25) is 14.4 Å². The minimum atomic E-state index is -0.222. The van der Waals surface area contributed by atoms with Crippen LogP contribution in [0, 0.1) is 0 Å².